The number of fused-ring (bicyclic) bond motifs is 1. The van der Waals surface area contributed by atoms with Crippen LogP contribution in [-0.4, -0.2) is 16.6 Å². The van der Waals surface area contributed by atoms with E-state index >= 15 is 0 Å². The van der Waals surface area contributed by atoms with Crippen molar-refractivity contribution >= 4 is 23.1 Å². The van der Waals surface area contributed by atoms with Crippen LogP contribution < -0.4 is 5.32 Å². The maximum absolute atomic E-state index is 12.0. The molecule has 4 rings (SSSR count). The molecule has 0 radical (unpaired) electrons. The molecule has 6 heteroatoms. The van der Waals surface area contributed by atoms with E-state index in [-0.39, 0.29) is 17.4 Å². The molecule has 3 aromatic carbocycles. The van der Waals surface area contributed by atoms with E-state index in [1.54, 1.807) is 30.3 Å². The lowest BCUT2D eigenvalue weighted by Gasteiger charge is -2.17. The van der Waals surface area contributed by atoms with E-state index in [1.165, 1.54) is 18.2 Å². The minimum absolute atomic E-state index is 0.0330. The quantitative estimate of drug-likeness (QED) is 0.440. The van der Waals surface area contributed by atoms with Gasteiger partial charge in [0.2, 0.25) is 0 Å². The molecule has 1 N–H and O–H groups in total. The number of para-hydroxylation sites is 1. The number of benzene rings is 3. The summed E-state index contributed by atoms with van der Waals surface area (Å²) in [4.78, 5) is 32.7. The predicted molar refractivity (Wildman–Crippen MR) is 97.4 cm³/mol. The van der Waals surface area contributed by atoms with E-state index in [4.69, 9.17) is 0 Å². The number of nitrogens with zero attached hydrogens (tertiary/aromatic N) is 1. The molecule has 0 atom stereocenters. The van der Waals surface area contributed by atoms with Crippen molar-refractivity contribution in [3.05, 3.63) is 106 Å². The van der Waals surface area contributed by atoms with Crippen LogP contribution in [0.2, 0.25) is 0 Å². The Morgan fingerprint density at radius 1 is 0.846 bits per heavy atom. The van der Waals surface area contributed by atoms with Gasteiger partial charge in [0.1, 0.15) is 0 Å². The van der Waals surface area contributed by atoms with Gasteiger partial charge < -0.3 is 5.32 Å². The standard InChI is InChI=1S/C13H9NO3.C7H5NO/c15-13(10-5-2-1-3-6-10)11-7-4-8-12(9-11)14(16)17;9-7-5-3-1-2-4-6(5)8-7/h1-9H;1-4H,(H,8,9). The Bertz CT molecular complexity index is 984. The molecule has 128 valence electrons. The van der Waals surface area contributed by atoms with E-state index in [0.29, 0.717) is 11.1 Å². The number of non-ortho nitro benzene ring substituents is 1. The molecule has 0 unspecified atom stereocenters. The van der Waals surface area contributed by atoms with Gasteiger partial charge in [-0.1, -0.05) is 54.6 Å². The third kappa shape index (κ3) is 3.64. The van der Waals surface area contributed by atoms with Gasteiger partial charge in [0, 0.05) is 23.3 Å². The topological polar surface area (TPSA) is 89.3 Å². The van der Waals surface area contributed by atoms with Crippen LogP contribution in [0.1, 0.15) is 26.3 Å². The number of rotatable bonds is 3. The molecule has 3 aromatic rings. The van der Waals surface area contributed by atoms with Gasteiger partial charge in [-0.2, -0.15) is 0 Å². The summed E-state index contributed by atoms with van der Waals surface area (Å²) in [5.41, 5.74) is 2.52. The third-order valence-electron chi connectivity index (χ3n) is 3.78. The van der Waals surface area contributed by atoms with Crippen molar-refractivity contribution in [2.75, 3.05) is 5.32 Å². The average molecular weight is 346 g/mol. The van der Waals surface area contributed by atoms with Crippen molar-refractivity contribution in [3.8, 4) is 0 Å². The Labute approximate surface area is 149 Å². The zero-order valence-corrected chi connectivity index (χ0v) is 13.6. The summed E-state index contributed by atoms with van der Waals surface area (Å²) in [6, 6.07) is 21.9. The summed E-state index contributed by atoms with van der Waals surface area (Å²) in [6.07, 6.45) is 0. The maximum Gasteiger partial charge on any atom is 0.270 e. The predicted octanol–water partition coefficient (Wildman–Crippen LogP) is 4.08. The van der Waals surface area contributed by atoms with E-state index in [9.17, 15) is 19.7 Å². The molecular formula is C20H14N2O4. The molecule has 26 heavy (non-hydrogen) atoms. The number of amides is 1. The highest BCUT2D eigenvalue weighted by molar-refractivity contribution is 6.17. The van der Waals surface area contributed by atoms with Crippen LogP contribution in [0.4, 0.5) is 11.4 Å². The fraction of sp³-hybridized carbons (Fsp3) is 0. The van der Waals surface area contributed by atoms with Crippen molar-refractivity contribution in [1.82, 2.24) is 0 Å². The number of nitro benzene ring substituents is 1. The second-order valence-electron chi connectivity index (χ2n) is 5.50. The zero-order valence-electron chi connectivity index (χ0n) is 13.6. The van der Waals surface area contributed by atoms with Gasteiger partial charge in [0.25, 0.3) is 11.6 Å². The first-order chi connectivity index (χ1) is 12.6. The molecule has 1 amide bonds. The molecule has 1 aliphatic heterocycles. The molecule has 0 aromatic heterocycles. The molecular weight excluding hydrogens is 332 g/mol. The lowest BCUT2D eigenvalue weighted by atomic mass is 10.0. The first-order valence-corrected chi connectivity index (χ1v) is 7.81. The third-order valence-corrected chi connectivity index (χ3v) is 3.78. The van der Waals surface area contributed by atoms with E-state index in [2.05, 4.69) is 5.32 Å². The Kier molecular flexibility index (Phi) is 4.85. The van der Waals surface area contributed by atoms with Gasteiger partial charge in [-0.3, -0.25) is 19.7 Å². The van der Waals surface area contributed by atoms with Crippen molar-refractivity contribution < 1.29 is 14.5 Å². The highest BCUT2D eigenvalue weighted by atomic mass is 16.6. The average Bonchev–Trinajstić information content (AvgIpc) is 2.68. The number of nitro groups is 1. The number of carbonyl (C=O) groups excluding carboxylic acids is 2. The molecule has 0 spiro atoms. The van der Waals surface area contributed by atoms with Gasteiger partial charge in [-0.15, -0.1) is 0 Å². The first-order valence-electron chi connectivity index (χ1n) is 7.81. The van der Waals surface area contributed by atoms with Crippen LogP contribution in [0.5, 0.6) is 0 Å². The Balaban J connectivity index is 0.000000181. The van der Waals surface area contributed by atoms with Crippen LogP contribution >= 0.6 is 0 Å². The summed E-state index contributed by atoms with van der Waals surface area (Å²) in [5.74, 6) is -0.181. The fourth-order valence-electron chi connectivity index (χ4n) is 2.43. The Morgan fingerprint density at radius 3 is 2.12 bits per heavy atom. The van der Waals surface area contributed by atoms with E-state index in [1.807, 2.05) is 30.3 Å². The summed E-state index contributed by atoms with van der Waals surface area (Å²) in [6.45, 7) is 0. The first kappa shape index (κ1) is 17.0. The molecule has 1 aliphatic rings. The number of ketones is 1. The molecule has 0 saturated carbocycles. The highest BCUT2D eigenvalue weighted by Gasteiger charge is 2.20. The molecule has 0 saturated heterocycles. The Hall–Kier alpha value is -3.80. The minimum atomic E-state index is -0.512. The smallest absolute Gasteiger partial charge is 0.270 e. The van der Waals surface area contributed by atoms with Crippen LogP contribution in [0.25, 0.3) is 0 Å². The zero-order chi connectivity index (χ0) is 18.5. The van der Waals surface area contributed by atoms with Crippen LogP contribution in [0.15, 0.2) is 78.9 Å². The molecule has 1 heterocycles. The van der Waals surface area contributed by atoms with Crippen LogP contribution in [0, 0.1) is 10.1 Å². The normalized spacial score (nSPS) is 11.2. The van der Waals surface area contributed by atoms with Gasteiger partial charge in [0.05, 0.1) is 16.2 Å². The minimum Gasteiger partial charge on any atom is -0.321 e. The number of anilines is 1. The second-order valence-corrected chi connectivity index (χ2v) is 5.50. The van der Waals surface area contributed by atoms with E-state index < -0.39 is 4.92 Å². The number of hydrogen-bond acceptors (Lipinski definition) is 4. The SMILES string of the molecule is O=C(c1ccccc1)c1cccc([N+](=O)[O-])c1.O=C1Nc2ccccc21. The van der Waals surface area contributed by atoms with Crippen molar-refractivity contribution in [2.45, 2.75) is 0 Å². The van der Waals surface area contributed by atoms with Gasteiger partial charge in [-0.25, -0.2) is 0 Å². The van der Waals surface area contributed by atoms with Crippen molar-refractivity contribution in [1.29, 1.82) is 0 Å². The largest absolute Gasteiger partial charge is 0.321 e. The molecule has 0 fully saturated rings. The number of carbonyl (C=O) groups is 2. The summed E-state index contributed by atoms with van der Waals surface area (Å²) in [5, 5.41) is 13.3. The summed E-state index contributed by atoms with van der Waals surface area (Å²) >= 11 is 0. The lowest BCUT2D eigenvalue weighted by molar-refractivity contribution is -0.384. The molecule has 0 bridgehead atoms. The van der Waals surface area contributed by atoms with Gasteiger partial charge >= 0.3 is 0 Å². The number of hydrogen-bond donors (Lipinski definition) is 1. The lowest BCUT2D eigenvalue weighted by Crippen LogP contribution is -2.23. The van der Waals surface area contributed by atoms with Gasteiger partial charge in [0.15, 0.2) is 5.78 Å². The molecule has 6 nitrogen and oxygen atoms in total. The number of nitrogens with one attached hydrogen (secondary N) is 1. The maximum atomic E-state index is 12.0. The monoisotopic (exact) mass is 346 g/mol. The van der Waals surface area contributed by atoms with E-state index in [0.717, 1.165) is 11.3 Å². The second kappa shape index (κ2) is 7.40. The summed E-state index contributed by atoms with van der Waals surface area (Å²) < 4.78 is 0. The van der Waals surface area contributed by atoms with Crippen molar-refractivity contribution in [2.24, 2.45) is 0 Å². The summed E-state index contributed by atoms with van der Waals surface area (Å²) in [7, 11) is 0. The van der Waals surface area contributed by atoms with Crippen LogP contribution in [0.3, 0.4) is 0 Å². The van der Waals surface area contributed by atoms with Gasteiger partial charge in [-0.05, 0) is 12.1 Å². The van der Waals surface area contributed by atoms with Crippen LogP contribution in [-0.2, 0) is 0 Å². The highest BCUT2D eigenvalue weighted by Crippen LogP contribution is 2.23. The fourth-order valence-corrected chi connectivity index (χ4v) is 2.43. The Morgan fingerprint density at radius 2 is 1.50 bits per heavy atom. The molecule has 0 aliphatic carbocycles. The van der Waals surface area contributed by atoms with Crippen molar-refractivity contribution in [3.63, 3.8) is 0 Å².